The quantitative estimate of drug-likeness (QED) is 0.544. The van der Waals surface area contributed by atoms with Gasteiger partial charge in [-0.1, -0.05) is 41.4 Å². The Morgan fingerprint density at radius 1 is 1.17 bits per heavy atom. The number of sulfonamides is 1. The minimum absolute atomic E-state index is 0.117. The first kappa shape index (κ1) is 23.3. The summed E-state index contributed by atoms with van der Waals surface area (Å²) in [6.45, 7) is 2.81. The van der Waals surface area contributed by atoms with Gasteiger partial charge >= 0.3 is 0 Å². The number of carbonyl (C=O) groups is 1. The Balaban J connectivity index is 1.80. The molecule has 0 saturated carbocycles. The van der Waals surface area contributed by atoms with Crippen LogP contribution in [0.5, 0.6) is 5.75 Å². The normalized spacial score (nSPS) is 11.2. The molecule has 2 aromatic carbocycles. The third-order valence-corrected chi connectivity index (χ3v) is 6.04. The topological polar surface area (TPSA) is 75.7 Å². The SMILES string of the molecule is Cc1cccc(OCCNC(=O)CCCN(c2cccc(Cl)c2Cl)S(C)(=O)=O)c1. The molecule has 0 atom stereocenters. The first-order valence-corrected chi connectivity index (χ1v) is 11.7. The molecule has 0 saturated heterocycles. The van der Waals surface area contributed by atoms with Gasteiger partial charge in [0.15, 0.2) is 0 Å². The summed E-state index contributed by atoms with van der Waals surface area (Å²) in [6.07, 6.45) is 1.60. The lowest BCUT2D eigenvalue weighted by Gasteiger charge is -2.23. The van der Waals surface area contributed by atoms with Crippen LogP contribution in [-0.4, -0.2) is 40.3 Å². The largest absolute Gasteiger partial charge is 0.492 e. The van der Waals surface area contributed by atoms with Crippen LogP contribution in [0.3, 0.4) is 0 Å². The number of aryl methyl sites for hydroxylation is 1. The highest BCUT2D eigenvalue weighted by atomic mass is 35.5. The average Bonchev–Trinajstić information content (AvgIpc) is 2.64. The lowest BCUT2D eigenvalue weighted by Crippen LogP contribution is -2.33. The fourth-order valence-electron chi connectivity index (χ4n) is 2.69. The van der Waals surface area contributed by atoms with Crippen LogP contribution in [0.1, 0.15) is 18.4 Å². The molecule has 2 aromatic rings. The zero-order valence-electron chi connectivity index (χ0n) is 16.3. The fourth-order valence-corrected chi connectivity index (χ4v) is 4.10. The Bertz CT molecular complexity index is 951. The van der Waals surface area contributed by atoms with E-state index in [1.54, 1.807) is 18.2 Å². The second-order valence-corrected chi connectivity index (χ2v) is 9.22. The summed E-state index contributed by atoms with van der Waals surface area (Å²) >= 11 is 12.1. The summed E-state index contributed by atoms with van der Waals surface area (Å²) < 4.78 is 31.0. The summed E-state index contributed by atoms with van der Waals surface area (Å²) in [5.41, 5.74) is 1.40. The predicted octanol–water partition coefficient (Wildman–Crippen LogP) is 4.04. The van der Waals surface area contributed by atoms with Crippen molar-refractivity contribution >= 4 is 44.8 Å². The Kier molecular flexibility index (Phi) is 8.61. The van der Waals surface area contributed by atoms with Gasteiger partial charge in [0.1, 0.15) is 12.4 Å². The number of ether oxygens (including phenoxy) is 1. The Morgan fingerprint density at radius 3 is 2.59 bits per heavy atom. The number of rotatable bonds is 10. The van der Waals surface area contributed by atoms with Gasteiger partial charge < -0.3 is 10.1 Å². The molecular formula is C20H24Cl2N2O4S. The molecular weight excluding hydrogens is 435 g/mol. The zero-order chi connectivity index (χ0) is 21.4. The van der Waals surface area contributed by atoms with Crippen LogP contribution < -0.4 is 14.4 Å². The van der Waals surface area contributed by atoms with Crippen molar-refractivity contribution in [2.24, 2.45) is 0 Å². The number of nitrogens with zero attached hydrogens (tertiary/aromatic N) is 1. The summed E-state index contributed by atoms with van der Waals surface area (Å²) in [5.74, 6) is 0.574. The molecule has 6 nitrogen and oxygen atoms in total. The van der Waals surface area contributed by atoms with Gasteiger partial charge in [0.25, 0.3) is 0 Å². The van der Waals surface area contributed by atoms with E-state index in [1.807, 2.05) is 31.2 Å². The third kappa shape index (κ3) is 7.42. The summed E-state index contributed by atoms with van der Waals surface area (Å²) in [4.78, 5) is 12.0. The molecule has 0 radical (unpaired) electrons. The number of halogens is 2. The monoisotopic (exact) mass is 458 g/mol. The molecule has 0 aromatic heterocycles. The number of benzene rings is 2. The molecule has 0 aliphatic rings. The van der Waals surface area contributed by atoms with E-state index < -0.39 is 10.0 Å². The Hall–Kier alpha value is -1.96. The lowest BCUT2D eigenvalue weighted by molar-refractivity contribution is -0.121. The van der Waals surface area contributed by atoms with Gasteiger partial charge in [-0.15, -0.1) is 0 Å². The van der Waals surface area contributed by atoms with Crippen molar-refractivity contribution < 1.29 is 17.9 Å². The molecule has 1 N–H and O–H groups in total. The number of hydrogen-bond donors (Lipinski definition) is 1. The summed E-state index contributed by atoms with van der Waals surface area (Å²) in [5, 5.41) is 3.19. The fraction of sp³-hybridized carbons (Fsp3) is 0.350. The van der Waals surface area contributed by atoms with E-state index in [-0.39, 0.29) is 28.9 Å². The smallest absolute Gasteiger partial charge is 0.232 e. The number of carbonyl (C=O) groups excluding carboxylic acids is 1. The maximum atomic E-state index is 12.1. The summed E-state index contributed by atoms with van der Waals surface area (Å²) in [7, 11) is -3.57. The molecule has 1 amide bonds. The summed E-state index contributed by atoms with van der Waals surface area (Å²) in [6, 6.07) is 12.5. The van der Waals surface area contributed by atoms with E-state index in [1.165, 1.54) is 0 Å². The van der Waals surface area contributed by atoms with Gasteiger partial charge in [-0.3, -0.25) is 9.10 Å². The molecule has 0 aliphatic heterocycles. The van der Waals surface area contributed by atoms with E-state index in [0.29, 0.717) is 25.3 Å². The standard InChI is InChI=1S/C20H24Cl2N2O4S/c1-15-6-3-7-16(14-15)28-13-11-23-19(25)10-5-12-24(29(2,26)27)18-9-4-8-17(21)20(18)22/h3-4,6-9,14H,5,10-13H2,1-2H3,(H,23,25). The second-order valence-electron chi connectivity index (χ2n) is 6.53. The minimum Gasteiger partial charge on any atom is -0.492 e. The molecule has 0 unspecified atom stereocenters. The molecule has 29 heavy (non-hydrogen) atoms. The third-order valence-electron chi connectivity index (χ3n) is 4.05. The van der Waals surface area contributed by atoms with Crippen LogP contribution in [0.15, 0.2) is 42.5 Å². The molecule has 0 bridgehead atoms. The van der Waals surface area contributed by atoms with Crippen LogP contribution in [-0.2, 0) is 14.8 Å². The van der Waals surface area contributed by atoms with E-state index in [4.69, 9.17) is 27.9 Å². The van der Waals surface area contributed by atoms with Gasteiger partial charge in [0.05, 0.1) is 28.5 Å². The highest BCUT2D eigenvalue weighted by Gasteiger charge is 2.21. The second kappa shape index (κ2) is 10.7. The highest BCUT2D eigenvalue weighted by Crippen LogP contribution is 2.33. The van der Waals surface area contributed by atoms with Crippen molar-refractivity contribution in [3.05, 3.63) is 58.1 Å². The van der Waals surface area contributed by atoms with Crippen molar-refractivity contribution in [2.75, 3.05) is 30.3 Å². The van der Waals surface area contributed by atoms with Crippen molar-refractivity contribution in [2.45, 2.75) is 19.8 Å². The maximum Gasteiger partial charge on any atom is 0.232 e. The van der Waals surface area contributed by atoms with Crippen LogP contribution >= 0.6 is 23.2 Å². The number of amides is 1. The molecule has 0 aliphatic carbocycles. The van der Waals surface area contributed by atoms with Crippen molar-refractivity contribution in [3.63, 3.8) is 0 Å². The molecule has 0 spiro atoms. The van der Waals surface area contributed by atoms with E-state index in [0.717, 1.165) is 21.9 Å². The Morgan fingerprint density at radius 2 is 1.90 bits per heavy atom. The number of hydrogen-bond acceptors (Lipinski definition) is 4. The van der Waals surface area contributed by atoms with Crippen molar-refractivity contribution in [1.82, 2.24) is 5.32 Å². The molecule has 2 rings (SSSR count). The minimum atomic E-state index is -3.57. The average molecular weight is 459 g/mol. The molecule has 9 heteroatoms. The van der Waals surface area contributed by atoms with E-state index in [9.17, 15) is 13.2 Å². The predicted molar refractivity (Wildman–Crippen MR) is 118 cm³/mol. The highest BCUT2D eigenvalue weighted by molar-refractivity contribution is 7.92. The van der Waals surface area contributed by atoms with Crippen LogP contribution in [0.25, 0.3) is 0 Å². The van der Waals surface area contributed by atoms with Gasteiger partial charge in [0.2, 0.25) is 15.9 Å². The van der Waals surface area contributed by atoms with Crippen molar-refractivity contribution in [3.8, 4) is 5.75 Å². The molecule has 158 valence electrons. The van der Waals surface area contributed by atoms with E-state index >= 15 is 0 Å². The number of anilines is 1. The Labute approximate surface area is 181 Å². The van der Waals surface area contributed by atoms with Gasteiger partial charge in [-0.05, 0) is 43.2 Å². The van der Waals surface area contributed by atoms with Crippen LogP contribution in [0.2, 0.25) is 10.0 Å². The van der Waals surface area contributed by atoms with E-state index in [2.05, 4.69) is 5.32 Å². The van der Waals surface area contributed by atoms with Crippen molar-refractivity contribution in [1.29, 1.82) is 0 Å². The molecule has 0 heterocycles. The first-order valence-electron chi connectivity index (χ1n) is 9.06. The maximum absolute atomic E-state index is 12.1. The number of nitrogens with one attached hydrogen (secondary N) is 1. The molecule has 0 fully saturated rings. The van der Waals surface area contributed by atoms with Gasteiger partial charge in [0, 0.05) is 13.0 Å². The lowest BCUT2D eigenvalue weighted by atomic mass is 10.2. The first-order chi connectivity index (χ1) is 13.7. The van der Waals surface area contributed by atoms with Gasteiger partial charge in [-0.25, -0.2) is 8.42 Å². The van der Waals surface area contributed by atoms with Crippen LogP contribution in [0, 0.1) is 6.92 Å². The van der Waals surface area contributed by atoms with Gasteiger partial charge in [-0.2, -0.15) is 0 Å². The zero-order valence-corrected chi connectivity index (χ0v) is 18.6. The van der Waals surface area contributed by atoms with Crippen LogP contribution in [0.4, 0.5) is 5.69 Å².